The molecule has 0 fully saturated rings. The highest BCUT2D eigenvalue weighted by Crippen LogP contribution is 2.28. The number of ether oxygens (including phenoxy) is 2. The normalized spacial score (nSPS) is 10.2. The van der Waals surface area contributed by atoms with Crippen LogP contribution in [0.5, 0.6) is 11.5 Å². The number of rotatable bonds is 7. The molecule has 0 aliphatic carbocycles. The van der Waals surface area contributed by atoms with Crippen molar-refractivity contribution < 1.29 is 14.3 Å². The van der Waals surface area contributed by atoms with E-state index in [1.807, 2.05) is 44.2 Å². The highest BCUT2D eigenvalue weighted by Gasteiger charge is 2.07. The van der Waals surface area contributed by atoms with E-state index >= 15 is 0 Å². The third-order valence-electron chi connectivity index (χ3n) is 3.68. The number of amides is 2. The van der Waals surface area contributed by atoms with Gasteiger partial charge in [-0.05, 0) is 55.7 Å². The SMILES string of the molecule is CCOc1ccc(CCNC(=O)Nc2cc(C)ccc2N)cc1OC. The van der Waals surface area contributed by atoms with E-state index in [-0.39, 0.29) is 6.03 Å². The summed E-state index contributed by atoms with van der Waals surface area (Å²) in [5.41, 5.74) is 9.10. The number of nitrogen functional groups attached to an aromatic ring is 1. The zero-order chi connectivity index (χ0) is 18.2. The van der Waals surface area contributed by atoms with Gasteiger partial charge in [-0.15, -0.1) is 0 Å². The molecule has 0 radical (unpaired) electrons. The van der Waals surface area contributed by atoms with E-state index in [1.165, 1.54) is 0 Å². The van der Waals surface area contributed by atoms with Gasteiger partial charge in [0.15, 0.2) is 11.5 Å². The number of nitrogens with one attached hydrogen (secondary N) is 2. The maximum atomic E-state index is 12.0. The number of hydrogen-bond acceptors (Lipinski definition) is 4. The molecule has 4 N–H and O–H groups in total. The number of hydrogen-bond donors (Lipinski definition) is 3. The smallest absolute Gasteiger partial charge is 0.319 e. The fraction of sp³-hybridized carbons (Fsp3) is 0.316. The Labute approximate surface area is 148 Å². The quantitative estimate of drug-likeness (QED) is 0.673. The average molecular weight is 343 g/mol. The first-order valence-electron chi connectivity index (χ1n) is 8.24. The van der Waals surface area contributed by atoms with Crippen molar-refractivity contribution in [1.82, 2.24) is 5.32 Å². The summed E-state index contributed by atoms with van der Waals surface area (Å²) in [5.74, 6) is 1.41. The van der Waals surface area contributed by atoms with E-state index in [2.05, 4.69) is 10.6 Å². The zero-order valence-electron chi connectivity index (χ0n) is 14.9. The van der Waals surface area contributed by atoms with Gasteiger partial charge in [0.2, 0.25) is 0 Å². The van der Waals surface area contributed by atoms with Crippen LogP contribution in [0.2, 0.25) is 0 Å². The number of methoxy groups -OCH3 is 1. The molecule has 0 saturated carbocycles. The first kappa shape index (κ1) is 18.4. The van der Waals surface area contributed by atoms with Crippen molar-refractivity contribution in [2.24, 2.45) is 0 Å². The molecular weight excluding hydrogens is 318 g/mol. The maximum Gasteiger partial charge on any atom is 0.319 e. The molecule has 0 heterocycles. The van der Waals surface area contributed by atoms with E-state index in [0.717, 1.165) is 16.9 Å². The Morgan fingerprint density at radius 1 is 1.16 bits per heavy atom. The van der Waals surface area contributed by atoms with Crippen molar-refractivity contribution in [2.75, 3.05) is 31.3 Å². The highest BCUT2D eigenvalue weighted by atomic mass is 16.5. The van der Waals surface area contributed by atoms with Gasteiger partial charge < -0.3 is 25.8 Å². The van der Waals surface area contributed by atoms with Gasteiger partial charge in [0.05, 0.1) is 25.1 Å². The van der Waals surface area contributed by atoms with Gasteiger partial charge in [0, 0.05) is 6.54 Å². The predicted octanol–water partition coefficient (Wildman–Crippen LogP) is 3.35. The second-order valence-corrected chi connectivity index (χ2v) is 5.64. The number of aryl methyl sites for hydroxylation is 1. The third kappa shape index (κ3) is 5.31. The molecule has 0 bridgehead atoms. The van der Waals surface area contributed by atoms with Gasteiger partial charge in [-0.2, -0.15) is 0 Å². The van der Waals surface area contributed by atoms with Gasteiger partial charge in [-0.1, -0.05) is 12.1 Å². The monoisotopic (exact) mass is 343 g/mol. The molecule has 6 heteroatoms. The molecule has 0 atom stereocenters. The molecule has 2 aromatic rings. The van der Waals surface area contributed by atoms with Gasteiger partial charge in [-0.3, -0.25) is 0 Å². The van der Waals surface area contributed by atoms with Crippen LogP contribution in [0, 0.1) is 6.92 Å². The largest absolute Gasteiger partial charge is 0.493 e. The number of anilines is 2. The molecule has 2 rings (SSSR count). The van der Waals surface area contributed by atoms with Gasteiger partial charge in [0.25, 0.3) is 0 Å². The molecule has 25 heavy (non-hydrogen) atoms. The zero-order valence-corrected chi connectivity index (χ0v) is 14.9. The fourth-order valence-electron chi connectivity index (χ4n) is 2.41. The van der Waals surface area contributed by atoms with Crippen molar-refractivity contribution in [3.63, 3.8) is 0 Å². The molecule has 0 spiro atoms. The van der Waals surface area contributed by atoms with Crippen molar-refractivity contribution in [1.29, 1.82) is 0 Å². The van der Waals surface area contributed by atoms with E-state index in [4.69, 9.17) is 15.2 Å². The summed E-state index contributed by atoms with van der Waals surface area (Å²) in [6.45, 7) is 4.95. The Morgan fingerprint density at radius 2 is 1.96 bits per heavy atom. The van der Waals surface area contributed by atoms with Crippen LogP contribution in [-0.4, -0.2) is 26.3 Å². The summed E-state index contributed by atoms with van der Waals surface area (Å²) in [6.07, 6.45) is 0.680. The molecule has 2 amide bonds. The van der Waals surface area contributed by atoms with Gasteiger partial charge in [0.1, 0.15) is 0 Å². The number of benzene rings is 2. The van der Waals surface area contributed by atoms with E-state index in [9.17, 15) is 4.79 Å². The minimum absolute atomic E-state index is 0.282. The van der Waals surface area contributed by atoms with Gasteiger partial charge >= 0.3 is 6.03 Å². The second-order valence-electron chi connectivity index (χ2n) is 5.64. The summed E-state index contributed by atoms with van der Waals surface area (Å²) in [6, 6.07) is 11.0. The van der Waals surface area contributed by atoms with Crippen molar-refractivity contribution in [3.05, 3.63) is 47.5 Å². The molecule has 2 aromatic carbocycles. The van der Waals surface area contributed by atoms with E-state index in [1.54, 1.807) is 13.2 Å². The number of nitrogens with two attached hydrogens (primary N) is 1. The summed E-state index contributed by atoms with van der Waals surface area (Å²) < 4.78 is 10.8. The van der Waals surface area contributed by atoms with Crippen LogP contribution in [0.15, 0.2) is 36.4 Å². The lowest BCUT2D eigenvalue weighted by Crippen LogP contribution is -2.30. The Morgan fingerprint density at radius 3 is 2.68 bits per heavy atom. The third-order valence-corrected chi connectivity index (χ3v) is 3.68. The highest BCUT2D eigenvalue weighted by molar-refractivity contribution is 5.92. The van der Waals surface area contributed by atoms with Crippen LogP contribution in [0.1, 0.15) is 18.1 Å². The van der Waals surface area contributed by atoms with Crippen LogP contribution in [-0.2, 0) is 6.42 Å². The Kier molecular flexibility index (Phi) is 6.51. The van der Waals surface area contributed by atoms with E-state index in [0.29, 0.717) is 36.7 Å². The van der Waals surface area contributed by atoms with Crippen LogP contribution < -0.4 is 25.8 Å². The second kappa shape index (κ2) is 8.82. The summed E-state index contributed by atoms with van der Waals surface area (Å²) >= 11 is 0. The van der Waals surface area contributed by atoms with Crippen LogP contribution in [0.3, 0.4) is 0 Å². The molecule has 0 aromatic heterocycles. The summed E-state index contributed by atoms with van der Waals surface area (Å²) in [4.78, 5) is 12.0. The Hall–Kier alpha value is -2.89. The molecule has 0 saturated heterocycles. The Balaban J connectivity index is 1.87. The lowest BCUT2D eigenvalue weighted by Gasteiger charge is -2.12. The minimum atomic E-state index is -0.282. The van der Waals surface area contributed by atoms with Crippen molar-refractivity contribution in [2.45, 2.75) is 20.3 Å². The minimum Gasteiger partial charge on any atom is -0.493 e. The number of carbonyl (C=O) groups is 1. The molecule has 0 aliphatic heterocycles. The molecular formula is C19H25N3O3. The first-order valence-corrected chi connectivity index (χ1v) is 8.24. The predicted molar refractivity (Wildman–Crippen MR) is 100 cm³/mol. The van der Waals surface area contributed by atoms with Gasteiger partial charge in [-0.25, -0.2) is 4.79 Å². The fourth-order valence-corrected chi connectivity index (χ4v) is 2.41. The topological polar surface area (TPSA) is 85.6 Å². The van der Waals surface area contributed by atoms with Crippen molar-refractivity contribution >= 4 is 17.4 Å². The van der Waals surface area contributed by atoms with Crippen LogP contribution >= 0.6 is 0 Å². The lowest BCUT2D eigenvalue weighted by molar-refractivity contribution is 0.252. The molecule has 134 valence electrons. The first-order chi connectivity index (χ1) is 12.0. The Bertz CT molecular complexity index is 732. The van der Waals surface area contributed by atoms with Crippen LogP contribution in [0.4, 0.5) is 16.2 Å². The molecule has 0 unspecified atom stereocenters. The van der Waals surface area contributed by atoms with Crippen LogP contribution in [0.25, 0.3) is 0 Å². The maximum absolute atomic E-state index is 12.0. The molecule has 0 aliphatic rings. The molecule has 6 nitrogen and oxygen atoms in total. The lowest BCUT2D eigenvalue weighted by atomic mass is 10.1. The number of carbonyl (C=O) groups excluding carboxylic acids is 1. The van der Waals surface area contributed by atoms with E-state index < -0.39 is 0 Å². The average Bonchev–Trinajstić information content (AvgIpc) is 2.59. The summed E-state index contributed by atoms with van der Waals surface area (Å²) in [7, 11) is 1.61. The standard InChI is InChI=1S/C19H25N3O3/c1-4-25-17-8-6-14(12-18(17)24-3)9-10-21-19(23)22-16-11-13(2)5-7-15(16)20/h5-8,11-12H,4,9-10,20H2,1-3H3,(H2,21,22,23). The van der Waals surface area contributed by atoms with Crippen molar-refractivity contribution in [3.8, 4) is 11.5 Å². The summed E-state index contributed by atoms with van der Waals surface area (Å²) in [5, 5.41) is 5.59. The number of urea groups is 1.